The van der Waals surface area contributed by atoms with Crippen LogP contribution < -0.4 is 5.32 Å². The topological polar surface area (TPSA) is 67.2 Å². The molecule has 1 fully saturated rings. The van der Waals surface area contributed by atoms with Crippen LogP contribution in [0.2, 0.25) is 0 Å². The third kappa shape index (κ3) is 4.02. The number of nitrogens with zero attached hydrogens (tertiary/aromatic N) is 3. The molecule has 2 unspecified atom stereocenters. The zero-order chi connectivity index (χ0) is 22.3. The van der Waals surface area contributed by atoms with Crippen molar-refractivity contribution in [3.8, 4) is 0 Å². The van der Waals surface area contributed by atoms with E-state index in [9.17, 15) is 26.0 Å². The summed E-state index contributed by atoms with van der Waals surface area (Å²) >= 11 is 0. The number of nitrogens with one attached hydrogen (secondary N) is 1. The summed E-state index contributed by atoms with van der Waals surface area (Å²) in [5.41, 5.74) is 0.314. The summed E-state index contributed by atoms with van der Waals surface area (Å²) in [6.45, 7) is -0.0765. The maximum absolute atomic E-state index is 14.2. The zero-order valence-electron chi connectivity index (χ0n) is 16.3. The molecular formula is C20H18F4N4O2S. The average Bonchev–Trinajstić information content (AvgIpc) is 3.36. The van der Waals surface area contributed by atoms with E-state index in [1.54, 1.807) is 7.05 Å². The van der Waals surface area contributed by atoms with E-state index in [0.717, 1.165) is 12.1 Å². The van der Waals surface area contributed by atoms with Crippen molar-refractivity contribution in [2.75, 3.05) is 18.4 Å². The Morgan fingerprint density at radius 3 is 2.35 bits per heavy atom. The minimum absolute atomic E-state index is 0.00744. The van der Waals surface area contributed by atoms with Crippen LogP contribution in [0.5, 0.6) is 0 Å². The molecule has 0 aliphatic carbocycles. The lowest BCUT2D eigenvalue weighted by Crippen LogP contribution is -2.32. The van der Waals surface area contributed by atoms with Crippen molar-refractivity contribution < 1.29 is 26.0 Å². The predicted octanol–water partition coefficient (Wildman–Crippen LogP) is 3.25. The first-order valence-corrected chi connectivity index (χ1v) is 10.7. The van der Waals surface area contributed by atoms with E-state index in [1.165, 1.54) is 45.7 Å². The van der Waals surface area contributed by atoms with E-state index in [1.807, 2.05) is 0 Å². The first-order valence-electron chi connectivity index (χ1n) is 9.30. The number of hydrogen-bond donors (Lipinski definition) is 1. The summed E-state index contributed by atoms with van der Waals surface area (Å²) in [6, 6.07) is 6.63. The lowest BCUT2D eigenvalue weighted by Gasteiger charge is -2.21. The highest BCUT2D eigenvalue weighted by Gasteiger charge is 2.41. The SMILES string of the molecule is Cn1cnc(S(=O)(=O)N2CC(Nc3ccc(F)c(F)c3F)C(c3ccc(F)cc3)C2)c1. The number of hydrogen-bond acceptors (Lipinski definition) is 4. The molecule has 0 amide bonds. The fourth-order valence-corrected chi connectivity index (χ4v) is 5.11. The van der Waals surface area contributed by atoms with Crippen molar-refractivity contribution in [1.82, 2.24) is 13.9 Å². The number of aromatic nitrogens is 2. The molecule has 2 aromatic carbocycles. The second-order valence-electron chi connectivity index (χ2n) is 7.33. The fraction of sp³-hybridized carbons (Fsp3) is 0.250. The van der Waals surface area contributed by atoms with Crippen LogP contribution >= 0.6 is 0 Å². The van der Waals surface area contributed by atoms with Gasteiger partial charge in [0.15, 0.2) is 22.5 Å². The smallest absolute Gasteiger partial charge is 0.262 e. The Balaban J connectivity index is 1.69. The minimum atomic E-state index is -3.96. The van der Waals surface area contributed by atoms with Gasteiger partial charge in [-0.25, -0.2) is 31.0 Å². The van der Waals surface area contributed by atoms with Crippen LogP contribution in [0.15, 0.2) is 53.9 Å². The molecule has 0 spiro atoms. The van der Waals surface area contributed by atoms with E-state index in [-0.39, 0.29) is 23.8 Å². The second-order valence-corrected chi connectivity index (χ2v) is 9.22. The van der Waals surface area contributed by atoms with Gasteiger partial charge in [-0.15, -0.1) is 0 Å². The molecular weight excluding hydrogens is 436 g/mol. The lowest BCUT2D eigenvalue weighted by molar-refractivity contribution is 0.447. The van der Waals surface area contributed by atoms with Gasteiger partial charge in [0.25, 0.3) is 10.0 Å². The van der Waals surface area contributed by atoms with Gasteiger partial charge in [0.05, 0.1) is 12.0 Å². The number of halogens is 4. The van der Waals surface area contributed by atoms with Crippen molar-refractivity contribution in [3.63, 3.8) is 0 Å². The molecule has 31 heavy (non-hydrogen) atoms. The molecule has 1 aromatic heterocycles. The molecule has 0 bridgehead atoms. The Bertz CT molecular complexity index is 1210. The quantitative estimate of drug-likeness (QED) is 0.475. The Hall–Kier alpha value is -2.92. The molecule has 2 atom stereocenters. The summed E-state index contributed by atoms with van der Waals surface area (Å²) in [4.78, 5) is 3.90. The summed E-state index contributed by atoms with van der Waals surface area (Å²) in [6.07, 6.45) is 2.71. The minimum Gasteiger partial charge on any atom is -0.378 e. The molecule has 1 saturated heterocycles. The molecule has 0 radical (unpaired) electrons. The number of rotatable bonds is 5. The summed E-state index contributed by atoms with van der Waals surface area (Å²) in [5.74, 6) is -5.32. The van der Waals surface area contributed by atoms with Crippen molar-refractivity contribution in [2.24, 2.45) is 7.05 Å². The maximum atomic E-state index is 14.2. The van der Waals surface area contributed by atoms with Gasteiger partial charge in [0.2, 0.25) is 0 Å². The number of benzene rings is 2. The number of imidazole rings is 1. The maximum Gasteiger partial charge on any atom is 0.262 e. The molecule has 164 valence electrons. The summed E-state index contributed by atoms with van der Waals surface area (Å²) < 4.78 is 83.3. The van der Waals surface area contributed by atoms with E-state index >= 15 is 0 Å². The fourth-order valence-electron chi connectivity index (χ4n) is 3.65. The van der Waals surface area contributed by atoms with Gasteiger partial charge in [0.1, 0.15) is 5.82 Å². The van der Waals surface area contributed by atoms with Gasteiger partial charge in [-0.3, -0.25) is 0 Å². The molecule has 2 heterocycles. The van der Waals surface area contributed by atoms with E-state index in [2.05, 4.69) is 10.3 Å². The van der Waals surface area contributed by atoms with Gasteiger partial charge in [-0.05, 0) is 29.8 Å². The van der Waals surface area contributed by atoms with Crippen LogP contribution in [0.4, 0.5) is 23.2 Å². The third-order valence-corrected chi connectivity index (χ3v) is 6.96. The molecule has 11 heteroatoms. The monoisotopic (exact) mass is 454 g/mol. The summed E-state index contributed by atoms with van der Waals surface area (Å²) in [5, 5.41) is 2.65. The Labute approximate surface area is 176 Å². The number of anilines is 1. The van der Waals surface area contributed by atoms with Crippen LogP contribution in [0, 0.1) is 23.3 Å². The van der Waals surface area contributed by atoms with Crippen LogP contribution in [0.3, 0.4) is 0 Å². The van der Waals surface area contributed by atoms with Gasteiger partial charge in [-0.2, -0.15) is 4.31 Å². The molecule has 1 aliphatic rings. The second kappa shape index (κ2) is 7.97. The summed E-state index contributed by atoms with van der Waals surface area (Å²) in [7, 11) is -2.33. The van der Waals surface area contributed by atoms with Gasteiger partial charge in [0, 0.05) is 38.3 Å². The van der Waals surface area contributed by atoms with Gasteiger partial charge in [-0.1, -0.05) is 12.1 Å². The Morgan fingerprint density at radius 1 is 1.00 bits per heavy atom. The van der Waals surface area contributed by atoms with Gasteiger partial charge < -0.3 is 9.88 Å². The van der Waals surface area contributed by atoms with Crippen LogP contribution in [0.25, 0.3) is 0 Å². The standard InChI is InChI=1S/C20H18F4N4O2S/c1-27-10-18(25-11-27)31(29,30)28-8-14(12-2-4-13(21)5-3-12)17(9-28)26-16-7-6-15(22)19(23)20(16)24/h2-7,10-11,14,17,26H,8-9H2,1H3. The molecule has 4 rings (SSSR count). The first-order chi connectivity index (χ1) is 14.7. The highest BCUT2D eigenvalue weighted by molar-refractivity contribution is 7.89. The predicted molar refractivity (Wildman–Crippen MR) is 105 cm³/mol. The first kappa shape index (κ1) is 21.3. The molecule has 1 N–H and O–H groups in total. The normalized spacial score (nSPS) is 19.6. The molecule has 0 saturated carbocycles. The largest absolute Gasteiger partial charge is 0.378 e. The van der Waals surface area contributed by atoms with Crippen LogP contribution in [-0.4, -0.2) is 41.4 Å². The average molecular weight is 454 g/mol. The van der Waals surface area contributed by atoms with E-state index in [0.29, 0.717) is 5.56 Å². The Kier molecular flexibility index (Phi) is 5.48. The van der Waals surface area contributed by atoms with Gasteiger partial charge >= 0.3 is 0 Å². The van der Waals surface area contributed by atoms with E-state index < -0.39 is 45.3 Å². The Morgan fingerprint density at radius 2 is 1.71 bits per heavy atom. The van der Waals surface area contributed by atoms with Crippen molar-refractivity contribution >= 4 is 15.7 Å². The van der Waals surface area contributed by atoms with Crippen molar-refractivity contribution in [2.45, 2.75) is 17.0 Å². The van der Waals surface area contributed by atoms with Crippen LogP contribution in [-0.2, 0) is 17.1 Å². The van der Waals surface area contributed by atoms with Crippen LogP contribution in [0.1, 0.15) is 11.5 Å². The van der Waals surface area contributed by atoms with E-state index in [4.69, 9.17) is 0 Å². The molecule has 1 aliphatic heterocycles. The number of sulfonamides is 1. The third-order valence-electron chi connectivity index (χ3n) is 5.25. The molecule has 3 aromatic rings. The highest BCUT2D eigenvalue weighted by atomic mass is 32.2. The van der Waals surface area contributed by atoms with Crippen molar-refractivity contribution in [1.29, 1.82) is 0 Å². The zero-order valence-corrected chi connectivity index (χ0v) is 17.1. The number of aryl methyl sites for hydroxylation is 1. The molecule has 6 nitrogen and oxygen atoms in total. The van der Waals surface area contributed by atoms with Crippen molar-refractivity contribution in [3.05, 3.63) is 77.8 Å². The lowest BCUT2D eigenvalue weighted by atomic mass is 9.94. The highest BCUT2D eigenvalue weighted by Crippen LogP contribution is 2.34.